The third kappa shape index (κ3) is 3.57. The van der Waals surface area contributed by atoms with Crippen LogP contribution in [0.15, 0.2) is 55.0 Å². The van der Waals surface area contributed by atoms with Gasteiger partial charge in [-0.3, -0.25) is 4.98 Å². The van der Waals surface area contributed by atoms with Gasteiger partial charge >= 0.3 is 0 Å². The zero-order chi connectivity index (χ0) is 16.1. The van der Waals surface area contributed by atoms with Gasteiger partial charge in [0.15, 0.2) is 11.0 Å². The van der Waals surface area contributed by atoms with Crippen molar-refractivity contribution in [1.29, 1.82) is 0 Å². The number of nitrogens with zero attached hydrogens (tertiary/aromatic N) is 3. The molecule has 0 aliphatic heterocycles. The normalized spacial score (nSPS) is 10.3. The first-order valence-electron chi connectivity index (χ1n) is 7.20. The van der Waals surface area contributed by atoms with Gasteiger partial charge in [-0.05, 0) is 23.8 Å². The second-order valence-electron chi connectivity index (χ2n) is 4.91. The van der Waals surface area contributed by atoms with Gasteiger partial charge in [0, 0.05) is 25.4 Å². The smallest absolute Gasteiger partial charge is 0.157 e. The van der Waals surface area contributed by atoms with Gasteiger partial charge in [0.1, 0.15) is 12.0 Å². The van der Waals surface area contributed by atoms with Crippen molar-refractivity contribution in [3.8, 4) is 11.3 Å². The van der Waals surface area contributed by atoms with Gasteiger partial charge in [0.25, 0.3) is 0 Å². The number of hydrogen-bond acceptors (Lipinski definition) is 5. The molecule has 0 saturated carbocycles. The topological polar surface area (TPSA) is 62.7 Å². The molecule has 2 N–H and O–H groups in total. The van der Waals surface area contributed by atoms with Gasteiger partial charge in [-0.1, -0.05) is 35.9 Å². The third-order valence-electron chi connectivity index (χ3n) is 3.40. The van der Waals surface area contributed by atoms with Gasteiger partial charge in [0.05, 0.1) is 5.69 Å². The van der Waals surface area contributed by atoms with Crippen LogP contribution in [0.2, 0.25) is 5.15 Å². The van der Waals surface area contributed by atoms with E-state index in [9.17, 15) is 0 Å². The summed E-state index contributed by atoms with van der Waals surface area (Å²) in [5, 5.41) is 6.69. The Morgan fingerprint density at radius 1 is 1.04 bits per heavy atom. The quantitative estimate of drug-likeness (QED) is 0.698. The van der Waals surface area contributed by atoms with Crippen LogP contribution in [-0.2, 0) is 6.54 Å². The molecule has 2 heterocycles. The molecule has 116 valence electrons. The Morgan fingerprint density at radius 3 is 2.74 bits per heavy atom. The Balaban J connectivity index is 1.78. The number of benzene rings is 1. The minimum atomic E-state index is 0.396. The van der Waals surface area contributed by atoms with Gasteiger partial charge in [-0.25, -0.2) is 9.97 Å². The molecule has 23 heavy (non-hydrogen) atoms. The van der Waals surface area contributed by atoms with Gasteiger partial charge < -0.3 is 10.6 Å². The van der Waals surface area contributed by atoms with E-state index in [1.165, 1.54) is 6.33 Å². The predicted octanol–water partition coefficient (Wildman–Crippen LogP) is 3.85. The lowest BCUT2D eigenvalue weighted by molar-refractivity contribution is 1.08. The van der Waals surface area contributed by atoms with Crippen LogP contribution in [-0.4, -0.2) is 22.0 Å². The Morgan fingerprint density at radius 2 is 1.96 bits per heavy atom. The largest absolute Gasteiger partial charge is 0.383 e. The fourth-order valence-corrected chi connectivity index (χ4v) is 2.51. The first kappa shape index (κ1) is 15.2. The molecule has 0 radical (unpaired) electrons. The number of aromatic nitrogens is 3. The lowest BCUT2D eigenvalue weighted by Crippen LogP contribution is -2.06. The van der Waals surface area contributed by atoms with Crippen LogP contribution in [0.4, 0.5) is 11.5 Å². The second-order valence-corrected chi connectivity index (χ2v) is 5.27. The average Bonchev–Trinajstić information content (AvgIpc) is 2.61. The summed E-state index contributed by atoms with van der Waals surface area (Å²) in [6, 6.07) is 14.1. The summed E-state index contributed by atoms with van der Waals surface area (Å²) in [6.45, 7) is 0.628. The zero-order valence-corrected chi connectivity index (χ0v) is 13.4. The van der Waals surface area contributed by atoms with Crippen LogP contribution in [0.1, 0.15) is 5.56 Å². The number of halogens is 1. The van der Waals surface area contributed by atoms with Crippen molar-refractivity contribution < 1.29 is 0 Å². The number of nitrogens with one attached hydrogen (secondary N) is 2. The SMILES string of the molecule is CNc1c(Cl)ncnc1NCc1cccc(-c2ccccn2)c1. The second kappa shape index (κ2) is 7.07. The summed E-state index contributed by atoms with van der Waals surface area (Å²) >= 11 is 6.05. The Hall–Kier alpha value is -2.66. The molecule has 0 unspecified atom stereocenters. The monoisotopic (exact) mass is 325 g/mol. The van der Waals surface area contributed by atoms with E-state index < -0.39 is 0 Å². The van der Waals surface area contributed by atoms with E-state index in [1.54, 1.807) is 13.2 Å². The van der Waals surface area contributed by atoms with E-state index in [1.807, 2.05) is 30.3 Å². The maximum atomic E-state index is 6.05. The number of rotatable bonds is 5. The summed E-state index contributed by atoms with van der Waals surface area (Å²) in [5.74, 6) is 0.677. The van der Waals surface area contributed by atoms with Crippen molar-refractivity contribution in [2.45, 2.75) is 6.54 Å². The van der Waals surface area contributed by atoms with Crippen molar-refractivity contribution in [3.05, 3.63) is 65.7 Å². The van der Waals surface area contributed by atoms with Crippen LogP contribution >= 0.6 is 11.6 Å². The fourth-order valence-electron chi connectivity index (χ4n) is 2.28. The molecule has 0 aliphatic carbocycles. The highest BCUT2D eigenvalue weighted by Gasteiger charge is 2.08. The molecular formula is C17H16ClN5. The van der Waals surface area contributed by atoms with Crippen molar-refractivity contribution in [1.82, 2.24) is 15.0 Å². The van der Waals surface area contributed by atoms with Gasteiger partial charge in [-0.2, -0.15) is 0 Å². The fraction of sp³-hybridized carbons (Fsp3) is 0.118. The highest BCUT2D eigenvalue weighted by atomic mass is 35.5. The minimum Gasteiger partial charge on any atom is -0.383 e. The van der Waals surface area contributed by atoms with E-state index in [2.05, 4.69) is 37.7 Å². The number of pyridine rings is 1. The summed E-state index contributed by atoms with van der Waals surface area (Å²) in [7, 11) is 1.79. The molecule has 5 nitrogen and oxygen atoms in total. The molecule has 0 spiro atoms. The van der Waals surface area contributed by atoms with E-state index >= 15 is 0 Å². The molecule has 0 amide bonds. The van der Waals surface area contributed by atoms with Crippen molar-refractivity contribution in [2.24, 2.45) is 0 Å². The third-order valence-corrected chi connectivity index (χ3v) is 3.69. The zero-order valence-electron chi connectivity index (χ0n) is 12.6. The molecule has 3 aromatic rings. The predicted molar refractivity (Wildman–Crippen MR) is 93.6 cm³/mol. The number of anilines is 2. The molecule has 0 aliphatic rings. The van der Waals surface area contributed by atoms with E-state index in [0.29, 0.717) is 23.2 Å². The summed E-state index contributed by atoms with van der Waals surface area (Å²) < 4.78 is 0. The Kier molecular flexibility index (Phi) is 4.68. The molecule has 0 fully saturated rings. The van der Waals surface area contributed by atoms with E-state index in [0.717, 1.165) is 16.8 Å². The maximum Gasteiger partial charge on any atom is 0.157 e. The van der Waals surface area contributed by atoms with Gasteiger partial charge in [0.2, 0.25) is 0 Å². The molecule has 2 aromatic heterocycles. The molecule has 6 heteroatoms. The molecule has 0 atom stereocenters. The molecular weight excluding hydrogens is 310 g/mol. The minimum absolute atomic E-state index is 0.396. The lowest BCUT2D eigenvalue weighted by Gasteiger charge is -2.11. The van der Waals surface area contributed by atoms with E-state index in [-0.39, 0.29) is 0 Å². The lowest BCUT2D eigenvalue weighted by atomic mass is 10.1. The van der Waals surface area contributed by atoms with Crippen LogP contribution in [0.25, 0.3) is 11.3 Å². The maximum absolute atomic E-state index is 6.05. The summed E-state index contributed by atoms with van der Waals surface area (Å²) in [4.78, 5) is 12.6. The van der Waals surface area contributed by atoms with Crippen molar-refractivity contribution in [3.63, 3.8) is 0 Å². The van der Waals surface area contributed by atoms with Crippen LogP contribution in [0.5, 0.6) is 0 Å². The first-order chi connectivity index (χ1) is 11.3. The van der Waals surface area contributed by atoms with Crippen molar-refractivity contribution >= 4 is 23.1 Å². The van der Waals surface area contributed by atoms with Crippen molar-refractivity contribution in [2.75, 3.05) is 17.7 Å². The molecule has 0 saturated heterocycles. The Labute approximate surface area is 139 Å². The molecule has 1 aromatic carbocycles. The van der Waals surface area contributed by atoms with Crippen LogP contribution in [0, 0.1) is 0 Å². The van der Waals surface area contributed by atoms with Crippen LogP contribution < -0.4 is 10.6 Å². The van der Waals surface area contributed by atoms with Gasteiger partial charge in [-0.15, -0.1) is 0 Å². The standard InChI is InChI=1S/C17H16ClN5/c1-19-15-16(18)22-11-23-17(15)21-10-12-5-4-6-13(9-12)14-7-2-3-8-20-14/h2-9,11,19H,10H2,1H3,(H,21,22,23). The van der Waals surface area contributed by atoms with E-state index in [4.69, 9.17) is 11.6 Å². The molecule has 3 rings (SSSR count). The molecule has 0 bridgehead atoms. The summed E-state index contributed by atoms with van der Waals surface area (Å²) in [6.07, 6.45) is 3.23. The highest BCUT2D eigenvalue weighted by Crippen LogP contribution is 2.26. The number of hydrogen-bond donors (Lipinski definition) is 2. The van der Waals surface area contributed by atoms with Crippen LogP contribution in [0.3, 0.4) is 0 Å². The summed E-state index contributed by atoms with van der Waals surface area (Å²) in [5.41, 5.74) is 3.86. The Bertz CT molecular complexity index is 792. The average molecular weight is 326 g/mol. The first-order valence-corrected chi connectivity index (χ1v) is 7.58. The highest BCUT2D eigenvalue weighted by molar-refractivity contribution is 6.32.